The Labute approximate surface area is 226 Å². The minimum absolute atomic E-state index is 0. The molecule has 0 fully saturated rings. The summed E-state index contributed by atoms with van der Waals surface area (Å²) in [5, 5.41) is 24.8. The number of alkyl halides is 1. The Morgan fingerprint density at radius 2 is 1.74 bits per heavy atom. The molecule has 38 heavy (non-hydrogen) atoms. The van der Waals surface area contributed by atoms with Gasteiger partial charge in [-0.15, -0.1) is 16.7 Å². The Morgan fingerprint density at radius 1 is 1.05 bits per heavy atom. The zero-order valence-corrected chi connectivity index (χ0v) is 22.5. The maximum atomic E-state index is 12.5. The van der Waals surface area contributed by atoms with Crippen molar-refractivity contribution in [3.63, 3.8) is 0 Å². The Hall–Kier alpha value is -3.26. The number of benzene rings is 3. The van der Waals surface area contributed by atoms with Gasteiger partial charge in [0.05, 0.1) is 11.4 Å². The van der Waals surface area contributed by atoms with E-state index < -0.39 is 48.1 Å². The zero-order valence-electron chi connectivity index (χ0n) is 20.1. The first kappa shape index (κ1) is 31.0. The highest BCUT2D eigenvalue weighted by Crippen LogP contribution is 2.44. The lowest BCUT2D eigenvalue weighted by molar-refractivity contribution is 0.0960. The highest BCUT2D eigenvalue weighted by molar-refractivity contribution is 7.91. The van der Waals surface area contributed by atoms with Gasteiger partial charge in [0, 0.05) is 29.6 Å². The number of hydrogen-bond donors (Lipinski definition) is 4. The predicted octanol–water partition coefficient (Wildman–Crippen LogP) is 4.84. The second-order valence-corrected chi connectivity index (χ2v) is 12.1. The molecule has 0 unspecified atom stereocenters. The first-order chi connectivity index (χ1) is 17.3. The number of amides is 1. The lowest BCUT2D eigenvalue weighted by Crippen LogP contribution is -2.31. The third kappa shape index (κ3) is 6.98. The number of carbonyl (C=O) groups is 1. The SMILES string of the molecule is C.CNc1cc(C)cc2cc(S(=O)(=O)O)c(N=Nc3cc(C(=O)NCS(=O)(=O)CCCl)ccc3C)c(O)c12. The molecule has 0 radical (unpaired) electrons. The van der Waals surface area contributed by atoms with Crippen LogP contribution in [-0.2, 0) is 20.0 Å². The van der Waals surface area contributed by atoms with Crippen LogP contribution in [0, 0.1) is 13.8 Å². The third-order valence-corrected chi connectivity index (χ3v) is 8.10. The summed E-state index contributed by atoms with van der Waals surface area (Å²) in [7, 11) is -6.74. The topological polar surface area (TPSA) is 175 Å². The minimum Gasteiger partial charge on any atom is -0.505 e. The van der Waals surface area contributed by atoms with E-state index in [2.05, 4.69) is 20.9 Å². The maximum absolute atomic E-state index is 12.5. The van der Waals surface area contributed by atoms with Crippen molar-refractivity contribution in [3.05, 3.63) is 53.1 Å². The molecule has 4 N–H and O–H groups in total. The van der Waals surface area contributed by atoms with Gasteiger partial charge in [0.1, 0.15) is 16.5 Å². The summed E-state index contributed by atoms with van der Waals surface area (Å²) in [6, 6.07) is 8.90. The second kappa shape index (κ2) is 12.1. The van der Waals surface area contributed by atoms with Crippen molar-refractivity contribution >= 4 is 65.3 Å². The number of hydrogen-bond acceptors (Lipinski definition) is 9. The third-order valence-electron chi connectivity index (χ3n) is 5.41. The van der Waals surface area contributed by atoms with E-state index in [1.165, 1.54) is 18.2 Å². The number of halogens is 1. The largest absolute Gasteiger partial charge is 0.505 e. The standard InChI is InChI=1S/C23H25ClN4O7S2.CH4/c1-13-8-16-11-19(37(33,34)35)21(22(29)20(16)18(9-13)25-3)28-27-17-10-15(5-4-14(17)2)23(30)26-12-36(31,32)7-6-24;/h4-5,8-11,25,29H,6-7,12H2,1-3H3,(H,26,30)(H,33,34,35);1H4. The van der Waals surface area contributed by atoms with Gasteiger partial charge in [-0.1, -0.05) is 19.6 Å². The van der Waals surface area contributed by atoms with E-state index in [0.717, 1.165) is 5.56 Å². The fraction of sp³-hybridized carbons (Fsp3) is 0.292. The molecule has 14 heteroatoms. The number of carbonyl (C=O) groups excluding carboxylic acids is 1. The molecular weight excluding hydrogens is 556 g/mol. The van der Waals surface area contributed by atoms with Crippen molar-refractivity contribution < 1.29 is 31.3 Å². The van der Waals surface area contributed by atoms with E-state index >= 15 is 0 Å². The Kier molecular flexibility index (Phi) is 9.83. The molecule has 0 saturated carbocycles. The molecule has 0 spiro atoms. The second-order valence-electron chi connectivity index (χ2n) is 8.20. The van der Waals surface area contributed by atoms with Crippen LogP contribution in [0.1, 0.15) is 28.9 Å². The highest BCUT2D eigenvalue weighted by Gasteiger charge is 2.23. The maximum Gasteiger partial charge on any atom is 0.296 e. The number of anilines is 1. The van der Waals surface area contributed by atoms with Crippen LogP contribution < -0.4 is 10.6 Å². The van der Waals surface area contributed by atoms with Crippen LogP contribution in [0.15, 0.2) is 51.5 Å². The van der Waals surface area contributed by atoms with E-state index in [1.807, 2.05) is 0 Å². The van der Waals surface area contributed by atoms with Crippen molar-refractivity contribution in [1.82, 2.24) is 5.32 Å². The van der Waals surface area contributed by atoms with Gasteiger partial charge in [-0.3, -0.25) is 9.35 Å². The number of phenols is 1. The first-order valence-corrected chi connectivity index (χ1v) is 14.6. The summed E-state index contributed by atoms with van der Waals surface area (Å²) in [5.41, 5.74) is 1.58. The van der Waals surface area contributed by atoms with Crippen LogP contribution in [0.5, 0.6) is 5.75 Å². The molecule has 3 aromatic rings. The summed E-state index contributed by atoms with van der Waals surface area (Å²) >= 11 is 5.46. The molecule has 0 aliphatic rings. The van der Waals surface area contributed by atoms with Crippen molar-refractivity contribution in [1.29, 1.82) is 0 Å². The predicted molar refractivity (Wildman–Crippen MR) is 149 cm³/mol. The lowest BCUT2D eigenvalue weighted by atomic mass is 10.0. The van der Waals surface area contributed by atoms with Gasteiger partial charge in [-0.2, -0.15) is 13.5 Å². The number of nitrogens with zero attached hydrogens (tertiary/aromatic N) is 2. The summed E-state index contributed by atoms with van der Waals surface area (Å²) in [5.74, 6) is -2.19. The smallest absolute Gasteiger partial charge is 0.296 e. The number of phenolic OH excluding ortho intramolecular Hbond substituents is 1. The van der Waals surface area contributed by atoms with Gasteiger partial charge in [-0.25, -0.2) is 8.42 Å². The highest BCUT2D eigenvalue weighted by atomic mass is 35.5. The quantitative estimate of drug-likeness (QED) is 0.157. The van der Waals surface area contributed by atoms with Crippen molar-refractivity contribution in [2.45, 2.75) is 26.2 Å². The normalized spacial score (nSPS) is 11.9. The molecule has 3 rings (SSSR count). The summed E-state index contributed by atoms with van der Waals surface area (Å²) in [6.45, 7) is 3.45. The molecule has 0 aliphatic heterocycles. The molecule has 0 aliphatic carbocycles. The molecule has 0 aromatic heterocycles. The van der Waals surface area contributed by atoms with Crippen LogP contribution in [0.3, 0.4) is 0 Å². The Bertz CT molecular complexity index is 1620. The van der Waals surface area contributed by atoms with Gasteiger partial charge in [0.25, 0.3) is 16.0 Å². The molecule has 0 saturated heterocycles. The van der Waals surface area contributed by atoms with Gasteiger partial charge >= 0.3 is 0 Å². The van der Waals surface area contributed by atoms with Crippen molar-refractivity contribution in [2.24, 2.45) is 10.2 Å². The zero-order chi connectivity index (χ0) is 27.5. The molecule has 0 heterocycles. The molecular formula is C24H29ClN4O7S2. The summed E-state index contributed by atoms with van der Waals surface area (Å²) < 4.78 is 57.7. The van der Waals surface area contributed by atoms with Crippen LogP contribution >= 0.6 is 11.6 Å². The summed E-state index contributed by atoms with van der Waals surface area (Å²) in [6.07, 6.45) is 0. The van der Waals surface area contributed by atoms with Gasteiger partial charge in [0.15, 0.2) is 15.6 Å². The molecule has 0 bridgehead atoms. The molecule has 3 aromatic carbocycles. The number of aryl methyl sites for hydroxylation is 2. The van der Waals surface area contributed by atoms with Gasteiger partial charge in [-0.05, 0) is 54.6 Å². The van der Waals surface area contributed by atoms with Crippen LogP contribution in [0.2, 0.25) is 0 Å². The summed E-state index contributed by atoms with van der Waals surface area (Å²) in [4.78, 5) is 11.8. The first-order valence-electron chi connectivity index (χ1n) is 10.8. The molecule has 1 amide bonds. The number of sulfone groups is 1. The van der Waals surface area contributed by atoms with Crippen molar-refractivity contribution in [2.75, 3.05) is 29.9 Å². The number of rotatable bonds is 9. The number of azo groups is 1. The van der Waals surface area contributed by atoms with E-state index in [-0.39, 0.29) is 35.7 Å². The number of fused-ring (bicyclic) bond motifs is 1. The van der Waals surface area contributed by atoms with Crippen LogP contribution in [0.4, 0.5) is 17.1 Å². The molecule has 206 valence electrons. The van der Waals surface area contributed by atoms with Gasteiger partial charge in [0.2, 0.25) is 0 Å². The lowest BCUT2D eigenvalue weighted by Gasteiger charge is -2.13. The van der Waals surface area contributed by atoms with E-state index in [4.69, 9.17) is 11.6 Å². The van der Waals surface area contributed by atoms with E-state index in [1.54, 1.807) is 39.1 Å². The van der Waals surface area contributed by atoms with E-state index in [9.17, 15) is 31.3 Å². The molecule has 0 atom stereocenters. The van der Waals surface area contributed by atoms with Crippen molar-refractivity contribution in [3.8, 4) is 5.75 Å². The number of nitrogens with one attached hydrogen (secondary N) is 2. The Balaban J connectivity index is 0.00000507. The monoisotopic (exact) mass is 584 g/mol. The fourth-order valence-electron chi connectivity index (χ4n) is 3.56. The average Bonchev–Trinajstić information content (AvgIpc) is 2.81. The van der Waals surface area contributed by atoms with Crippen LogP contribution in [-0.4, -0.2) is 57.0 Å². The van der Waals surface area contributed by atoms with Crippen LogP contribution in [0.25, 0.3) is 10.8 Å². The average molecular weight is 585 g/mol. The van der Waals surface area contributed by atoms with Gasteiger partial charge < -0.3 is 15.7 Å². The molecule has 11 nitrogen and oxygen atoms in total. The Morgan fingerprint density at radius 3 is 2.34 bits per heavy atom. The van der Waals surface area contributed by atoms with E-state index in [0.29, 0.717) is 16.6 Å². The number of aromatic hydroxyl groups is 1. The fourth-order valence-corrected chi connectivity index (χ4v) is 5.65. The minimum atomic E-state index is -4.81.